The van der Waals surface area contributed by atoms with Gasteiger partial charge in [-0.05, 0) is 28.9 Å². The van der Waals surface area contributed by atoms with Gasteiger partial charge in [-0.25, -0.2) is 4.98 Å². The van der Waals surface area contributed by atoms with Crippen LogP contribution in [0.4, 0.5) is 0 Å². The molecule has 0 radical (unpaired) electrons. The maximum absolute atomic E-state index is 8.79. The fourth-order valence-electron chi connectivity index (χ4n) is 0.700. The van der Waals surface area contributed by atoms with Gasteiger partial charge in [-0.1, -0.05) is 11.6 Å². The van der Waals surface area contributed by atoms with Gasteiger partial charge in [-0.2, -0.15) is 0 Å². The second-order valence-electron chi connectivity index (χ2n) is 2.16. The van der Waals surface area contributed by atoms with E-state index in [2.05, 4.69) is 20.9 Å². The van der Waals surface area contributed by atoms with E-state index in [9.17, 15) is 0 Å². The second kappa shape index (κ2) is 3.52. The van der Waals surface area contributed by atoms with E-state index in [4.69, 9.17) is 16.7 Å². The monoisotopic (exact) mass is 235 g/mol. The fraction of sp³-hybridized carbons (Fsp3) is 0.286. The van der Waals surface area contributed by atoms with Crippen LogP contribution >= 0.6 is 27.5 Å². The molecule has 11 heavy (non-hydrogen) atoms. The summed E-state index contributed by atoms with van der Waals surface area (Å²) < 4.78 is 0.867. The summed E-state index contributed by atoms with van der Waals surface area (Å²) in [6, 6.07) is 1.77. The molecular formula is C7H7BrClNO. The summed E-state index contributed by atoms with van der Waals surface area (Å²) in [5.41, 5.74) is 1.47. The Morgan fingerprint density at radius 2 is 2.36 bits per heavy atom. The van der Waals surface area contributed by atoms with Gasteiger partial charge in [0.25, 0.3) is 0 Å². The van der Waals surface area contributed by atoms with Crippen molar-refractivity contribution >= 4 is 27.5 Å². The third kappa shape index (κ3) is 1.92. The zero-order valence-electron chi connectivity index (χ0n) is 5.93. The van der Waals surface area contributed by atoms with E-state index >= 15 is 0 Å². The smallest absolute Gasteiger partial charge is 0.134 e. The Bertz CT molecular complexity index is 277. The van der Waals surface area contributed by atoms with Crippen molar-refractivity contribution in [1.29, 1.82) is 0 Å². The van der Waals surface area contributed by atoms with Gasteiger partial charge in [0.15, 0.2) is 0 Å². The van der Waals surface area contributed by atoms with Crippen molar-refractivity contribution in [1.82, 2.24) is 4.98 Å². The summed E-state index contributed by atoms with van der Waals surface area (Å²) in [6.45, 7) is 1.77. The van der Waals surface area contributed by atoms with Crippen LogP contribution in [0.25, 0.3) is 0 Å². The Morgan fingerprint density at radius 3 is 2.91 bits per heavy atom. The molecule has 1 rings (SSSR count). The van der Waals surface area contributed by atoms with E-state index in [-0.39, 0.29) is 6.61 Å². The first kappa shape index (κ1) is 8.97. The molecule has 0 atom stereocenters. The molecule has 0 aliphatic rings. The van der Waals surface area contributed by atoms with Crippen LogP contribution in [0.3, 0.4) is 0 Å². The summed E-state index contributed by atoms with van der Waals surface area (Å²) in [5.74, 6) is 0. The zero-order valence-corrected chi connectivity index (χ0v) is 8.28. The zero-order chi connectivity index (χ0) is 8.43. The molecule has 0 fully saturated rings. The van der Waals surface area contributed by atoms with Crippen LogP contribution in [0.1, 0.15) is 11.3 Å². The lowest BCUT2D eigenvalue weighted by Crippen LogP contribution is -1.91. The number of hydrogen-bond acceptors (Lipinski definition) is 2. The van der Waals surface area contributed by atoms with Crippen molar-refractivity contribution in [2.75, 3.05) is 0 Å². The van der Waals surface area contributed by atoms with E-state index in [0.717, 1.165) is 10.2 Å². The predicted octanol–water partition coefficient (Wildman–Crippen LogP) is 2.30. The molecule has 1 N–H and O–H groups in total. The van der Waals surface area contributed by atoms with Gasteiger partial charge in [0, 0.05) is 10.0 Å². The third-order valence-electron chi connectivity index (χ3n) is 1.35. The lowest BCUT2D eigenvalue weighted by Gasteiger charge is -2.02. The first-order chi connectivity index (χ1) is 5.15. The molecule has 60 valence electrons. The average molecular weight is 236 g/mol. The molecule has 0 aromatic carbocycles. The van der Waals surface area contributed by atoms with Crippen molar-refractivity contribution in [3.8, 4) is 0 Å². The van der Waals surface area contributed by atoms with Crippen LogP contribution < -0.4 is 0 Å². The number of aryl methyl sites for hydroxylation is 1. The Kier molecular flexibility index (Phi) is 2.87. The first-order valence-electron chi connectivity index (χ1n) is 3.07. The Labute approximate surface area is 78.3 Å². The van der Waals surface area contributed by atoms with Gasteiger partial charge in [0.05, 0.1) is 12.3 Å². The molecule has 0 unspecified atom stereocenters. The average Bonchev–Trinajstić information content (AvgIpc) is 1.97. The molecule has 0 aliphatic heterocycles. The van der Waals surface area contributed by atoms with E-state index in [1.807, 2.05) is 6.92 Å². The maximum Gasteiger partial charge on any atom is 0.134 e. The van der Waals surface area contributed by atoms with Gasteiger partial charge in [0.2, 0.25) is 0 Å². The highest BCUT2D eigenvalue weighted by Crippen LogP contribution is 2.21. The highest BCUT2D eigenvalue weighted by atomic mass is 79.9. The molecule has 2 nitrogen and oxygen atoms in total. The summed E-state index contributed by atoms with van der Waals surface area (Å²) >= 11 is 9.00. The van der Waals surface area contributed by atoms with Crippen LogP contribution in [0.15, 0.2) is 10.5 Å². The molecular weight excluding hydrogens is 229 g/mol. The minimum Gasteiger partial charge on any atom is -0.392 e. The lowest BCUT2D eigenvalue weighted by atomic mass is 10.3. The Morgan fingerprint density at radius 1 is 1.73 bits per heavy atom. The second-order valence-corrected chi connectivity index (χ2v) is 3.38. The Hall–Kier alpha value is -0.120. The fourth-order valence-corrected chi connectivity index (χ4v) is 1.31. The number of halogens is 2. The van der Waals surface area contributed by atoms with Crippen molar-refractivity contribution in [3.63, 3.8) is 0 Å². The summed E-state index contributed by atoms with van der Waals surface area (Å²) in [7, 11) is 0. The van der Waals surface area contributed by atoms with Crippen LogP contribution in [-0.2, 0) is 6.61 Å². The molecule has 1 aromatic heterocycles. The van der Waals surface area contributed by atoms with Crippen LogP contribution in [-0.4, -0.2) is 10.1 Å². The number of aliphatic hydroxyl groups excluding tert-OH is 1. The molecule has 1 aromatic rings. The summed E-state index contributed by atoms with van der Waals surface area (Å²) in [4.78, 5) is 4.00. The largest absolute Gasteiger partial charge is 0.392 e. The van der Waals surface area contributed by atoms with Crippen molar-refractivity contribution in [3.05, 3.63) is 26.9 Å². The lowest BCUT2D eigenvalue weighted by molar-refractivity contribution is 0.281. The highest BCUT2D eigenvalue weighted by Gasteiger charge is 2.03. The van der Waals surface area contributed by atoms with Crippen LogP contribution in [0, 0.1) is 6.92 Å². The SMILES string of the molecule is Cc1nc(Cl)c(CO)cc1Br. The van der Waals surface area contributed by atoms with E-state index in [1.54, 1.807) is 6.07 Å². The van der Waals surface area contributed by atoms with Crippen molar-refractivity contribution in [2.24, 2.45) is 0 Å². The molecule has 1 heterocycles. The predicted molar refractivity (Wildman–Crippen MR) is 47.6 cm³/mol. The quantitative estimate of drug-likeness (QED) is 0.759. The Balaban J connectivity index is 3.21. The molecule has 0 saturated heterocycles. The van der Waals surface area contributed by atoms with Gasteiger partial charge >= 0.3 is 0 Å². The summed E-state index contributed by atoms with van der Waals surface area (Å²) in [6.07, 6.45) is 0. The molecule has 0 bridgehead atoms. The number of nitrogens with zero attached hydrogens (tertiary/aromatic N) is 1. The number of hydrogen-bond donors (Lipinski definition) is 1. The number of pyridine rings is 1. The van der Waals surface area contributed by atoms with E-state index in [0.29, 0.717) is 10.7 Å². The third-order valence-corrected chi connectivity index (χ3v) is 2.48. The molecule has 0 spiro atoms. The van der Waals surface area contributed by atoms with Gasteiger partial charge < -0.3 is 5.11 Å². The van der Waals surface area contributed by atoms with Gasteiger partial charge in [-0.15, -0.1) is 0 Å². The number of rotatable bonds is 1. The summed E-state index contributed by atoms with van der Waals surface area (Å²) in [5, 5.41) is 9.16. The minimum absolute atomic E-state index is 0.0787. The molecule has 0 saturated carbocycles. The van der Waals surface area contributed by atoms with Crippen molar-refractivity contribution < 1.29 is 5.11 Å². The van der Waals surface area contributed by atoms with Crippen LogP contribution in [0.2, 0.25) is 5.15 Å². The molecule has 4 heteroatoms. The van der Waals surface area contributed by atoms with Crippen LogP contribution in [0.5, 0.6) is 0 Å². The topological polar surface area (TPSA) is 33.1 Å². The van der Waals surface area contributed by atoms with Gasteiger partial charge in [0.1, 0.15) is 5.15 Å². The van der Waals surface area contributed by atoms with Gasteiger partial charge in [-0.3, -0.25) is 0 Å². The van der Waals surface area contributed by atoms with E-state index in [1.165, 1.54) is 0 Å². The highest BCUT2D eigenvalue weighted by molar-refractivity contribution is 9.10. The molecule has 0 aliphatic carbocycles. The normalized spacial score (nSPS) is 10.2. The van der Waals surface area contributed by atoms with E-state index < -0.39 is 0 Å². The minimum atomic E-state index is -0.0787. The van der Waals surface area contributed by atoms with Crippen molar-refractivity contribution in [2.45, 2.75) is 13.5 Å². The molecule has 0 amide bonds. The first-order valence-corrected chi connectivity index (χ1v) is 4.24. The number of aliphatic hydroxyl groups is 1. The maximum atomic E-state index is 8.79. The number of aromatic nitrogens is 1. The standard InChI is InChI=1S/C7H7BrClNO/c1-4-6(8)2-5(3-11)7(9)10-4/h2,11H,3H2,1H3.